The number of hydrogen-bond acceptors (Lipinski definition) is 0. The molecule has 0 aromatic carbocycles. The highest BCUT2D eigenvalue weighted by atomic mass is 19.1. The van der Waals surface area contributed by atoms with Gasteiger partial charge >= 0.3 is 0 Å². The summed E-state index contributed by atoms with van der Waals surface area (Å²) in [6.07, 6.45) is 6.39. The average molecular weight is 180 g/mol. The van der Waals surface area contributed by atoms with Gasteiger partial charge in [-0.2, -0.15) is 0 Å². The Morgan fingerprint density at radius 2 is 1.85 bits per heavy atom. The van der Waals surface area contributed by atoms with Crippen molar-refractivity contribution in [3.8, 4) is 0 Å². The molecule has 0 saturated carbocycles. The van der Waals surface area contributed by atoms with Crippen LogP contribution >= 0.6 is 0 Å². The van der Waals surface area contributed by atoms with Gasteiger partial charge in [0.15, 0.2) is 0 Å². The van der Waals surface area contributed by atoms with E-state index in [1.54, 1.807) is 19.1 Å². The summed E-state index contributed by atoms with van der Waals surface area (Å²) in [5.41, 5.74) is 1.49. The van der Waals surface area contributed by atoms with E-state index in [-0.39, 0.29) is 5.83 Å². The van der Waals surface area contributed by atoms with Gasteiger partial charge in [-0.25, -0.2) is 4.39 Å². The Kier molecular flexibility index (Phi) is 5.86. The van der Waals surface area contributed by atoms with E-state index in [4.69, 9.17) is 0 Å². The van der Waals surface area contributed by atoms with Gasteiger partial charge in [0.1, 0.15) is 5.83 Å². The fourth-order valence-electron chi connectivity index (χ4n) is 1.16. The van der Waals surface area contributed by atoms with Crippen LogP contribution < -0.4 is 0 Å². The summed E-state index contributed by atoms with van der Waals surface area (Å²) in [6, 6.07) is 0. The second-order valence-corrected chi connectivity index (χ2v) is 2.73. The van der Waals surface area contributed by atoms with Gasteiger partial charge in [-0.15, -0.1) is 0 Å². The average Bonchev–Trinajstić information content (AvgIpc) is 2.17. The molecule has 13 heavy (non-hydrogen) atoms. The van der Waals surface area contributed by atoms with Crippen LogP contribution in [0.1, 0.15) is 26.7 Å². The first kappa shape index (κ1) is 11.9. The van der Waals surface area contributed by atoms with Crippen molar-refractivity contribution in [1.29, 1.82) is 0 Å². The fourth-order valence-corrected chi connectivity index (χ4v) is 1.16. The van der Waals surface area contributed by atoms with Crippen LogP contribution in [0.15, 0.2) is 48.4 Å². The SMILES string of the molecule is C=CC(C=C)=C(CCC)/C(F)=C\C. The van der Waals surface area contributed by atoms with Crippen LogP contribution in [-0.4, -0.2) is 0 Å². The molecular formula is C12H17F. The Morgan fingerprint density at radius 3 is 2.15 bits per heavy atom. The van der Waals surface area contributed by atoms with E-state index in [2.05, 4.69) is 13.2 Å². The summed E-state index contributed by atoms with van der Waals surface area (Å²) >= 11 is 0. The Labute approximate surface area is 80.2 Å². The molecule has 1 heteroatoms. The summed E-state index contributed by atoms with van der Waals surface area (Å²) < 4.78 is 13.3. The molecule has 0 N–H and O–H groups in total. The highest BCUT2D eigenvalue weighted by molar-refractivity contribution is 5.41. The van der Waals surface area contributed by atoms with Crippen LogP contribution in [0.4, 0.5) is 4.39 Å². The van der Waals surface area contributed by atoms with Gasteiger partial charge in [-0.3, -0.25) is 0 Å². The van der Waals surface area contributed by atoms with Crippen LogP contribution in [0.5, 0.6) is 0 Å². The highest BCUT2D eigenvalue weighted by Gasteiger charge is 2.05. The largest absolute Gasteiger partial charge is 0.207 e. The van der Waals surface area contributed by atoms with Gasteiger partial charge in [0.05, 0.1) is 0 Å². The zero-order valence-corrected chi connectivity index (χ0v) is 8.44. The minimum Gasteiger partial charge on any atom is -0.207 e. The van der Waals surface area contributed by atoms with Crippen LogP contribution in [0, 0.1) is 0 Å². The second-order valence-electron chi connectivity index (χ2n) is 2.73. The minimum atomic E-state index is -0.170. The lowest BCUT2D eigenvalue weighted by molar-refractivity contribution is 0.632. The van der Waals surface area contributed by atoms with Gasteiger partial charge in [0, 0.05) is 0 Å². The van der Waals surface area contributed by atoms with Gasteiger partial charge in [-0.05, 0) is 24.5 Å². The first-order valence-corrected chi connectivity index (χ1v) is 4.51. The minimum absolute atomic E-state index is 0.170. The molecule has 72 valence electrons. The first-order valence-electron chi connectivity index (χ1n) is 4.51. The zero-order chi connectivity index (χ0) is 10.3. The van der Waals surface area contributed by atoms with E-state index in [1.165, 1.54) is 6.08 Å². The molecule has 0 amide bonds. The predicted octanol–water partition coefficient (Wildman–Crippen LogP) is 4.33. The summed E-state index contributed by atoms with van der Waals surface area (Å²) in [5.74, 6) is -0.170. The molecule has 0 radical (unpaired) electrons. The molecule has 0 aromatic rings. The molecule has 0 heterocycles. The van der Waals surface area contributed by atoms with Gasteiger partial charge in [0.2, 0.25) is 0 Å². The van der Waals surface area contributed by atoms with Crippen molar-refractivity contribution in [2.24, 2.45) is 0 Å². The van der Waals surface area contributed by atoms with Crippen molar-refractivity contribution in [3.05, 3.63) is 48.4 Å². The Hall–Kier alpha value is -1.11. The maximum absolute atomic E-state index is 13.3. The summed E-state index contributed by atoms with van der Waals surface area (Å²) in [4.78, 5) is 0. The maximum atomic E-state index is 13.3. The second kappa shape index (κ2) is 6.41. The molecule has 0 nitrogen and oxygen atoms in total. The summed E-state index contributed by atoms with van der Waals surface area (Å²) in [5, 5.41) is 0. The number of rotatable bonds is 5. The van der Waals surface area contributed by atoms with Crippen molar-refractivity contribution in [2.75, 3.05) is 0 Å². The van der Waals surface area contributed by atoms with E-state index in [0.29, 0.717) is 5.57 Å². The monoisotopic (exact) mass is 180 g/mol. The lowest BCUT2D eigenvalue weighted by Crippen LogP contribution is -1.89. The maximum Gasteiger partial charge on any atom is 0.122 e. The van der Waals surface area contributed by atoms with Crippen molar-refractivity contribution in [3.63, 3.8) is 0 Å². The Morgan fingerprint density at radius 1 is 1.31 bits per heavy atom. The van der Waals surface area contributed by atoms with E-state index in [9.17, 15) is 4.39 Å². The molecule has 0 spiro atoms. The third-order valence-corrected chi connectivity index (χ3v) is 1.83. The van der Waals surface area contributed by atoms with Gasteiger partial charge < -0.3 is 0 Å². The normalized spacial score (nSPS) is 10.8. The first-order chi connectivity index (χ1) is 6.21. The molecule has 0 bridgehead atoms. The standard InChI is InChI=1S/C12H17F/c1-5-9-11(12(13)8-4)10(6-2)7-3/h6-8H,2-3,5,9H2,1,4H3/b12-8+. The van der Waals surface area contributed by atoms with E-state index < -0.39 is 0 Å². The van der Waals surface area contributed by atoms with Crippen LogP contribution in [0.3, 0.4) is 0 Å². The Balaban J connectivity index is 5.06. The molecule has 0 saturated heterocycles. The van der Waals surface area contributed by atoms with E-state index >= 15 is 0 Å². The third kappa shape index (κ3) is 3.41. The van der Waals surface area contributed by atoms with Gasteiger partial charge in [-0.1, -0.05) is 44.7 Å². The smallest absolute Gasteiger partial charge is 0.122 e. The number of halogens is 1. The fraction of sp³-hybridized carbons (Fsp3) is 0.333. The van der Waals surface area contributed by atoms with Crippen molar-refractivity contribution >= 4 is 0 Å². The van der Waals surface area contributed by atoms with Crippen LogP contribution in [0.2, 0.25) is 0 Å². The van der Waals surface area contributed by atoms with Gasteiger partial charge in [0.25, 0.3) is 0 Å². The van der Waals surface area contributed by atoms with E-state index in [0.717, 1.165) is 18.4 Å². The molecule has 0 rings (SSSR count). The third-order valence-electron chi connectivity index (χ3n) is 1.83. The zero-order valence-electron chi connectivity index (χ0n) is 8.44. The summed E-state index contributed by atoms with van der Waals surface area (Å²) in [7, 11) is 0. The van der Waals surface area contributed by atoms with Crippen molar-refractivity contribution in [2.45, 2.75) is 26.7 Å². The quantitative estimate of drug-likeness (QED) is 0.552. The molecule has 0 aromatic heterocycles. The van der Waals surface area contributed by atoms with Crippen LogP contribution in [-0.2, 0) is 0 Å². The lowest BCUT2D eigenvalue weighted by atomic mass is 10.0. The predicted molar refractivity (Wildman–Crippen MR) is 57.2 cm³/mol. The van der Waals surface area contributed by atoms with Crippen molar-refractivity contribution < 1.29 is 4.39 Å². The number of hydrogen-bond donors (Lipinski definition) is 0. The van der Waals surface area contributed by atoms with Crippen molar-refractivity contribution in [1.82, 2.24) is 0 Å². The molecule has 0 atom stereocenters. The molecule has 0 unspecified atom stereocenters. The topological polar surface area (TPSA) is 0 Å². The molecule has 0 aliphatic carbocycles. The molecule has 0 aliphatic heterocycles. The van der Waals surface area contributed by atoms with Crippen LogP contribution in [0.25, 0.3) is 0 Å². The Bertz CT molecular complexity index is 234. The number of allylic oxidation sites excluding steroid dienone is 6. The highest BCUT2D eigenvalue weighted by Crippen LogP contribution is 2.22. The molecule has 0 fully saturated rings. The molecular weight excluding hydrogens is 163 g/mol. The molecule has 0 aliphatic rings. The van der Waals surface area contributed by atoms with E-state index in [1.807, 2.05) is 6.92 Å². The lowest BCUT2D eigenvalue weighted by Gasteiger charge is -2.06. The summed E-state index contributed by atoms with van der Waals surface area (Å²) in [6.45, 7) is 11.0.